The highest BCUT2D eigenvalue weighted by Crippen LogP contribution is 2.19. The second-order valence-corrected chi connectivity index (χ2v) is 8.17. The first kappa shape index (κ1) is 28.5. The number of benzene rings is 2. The molecule has 1 heterocycles. The highest BCUT2D eigenvalue weighted by Gasteiger charge is 2.30. The van der Waals surface area contributed by atoms with Crippen molar-refractivity contribution in [1.82, 2.24) is 10.2 Å². The third-order valence-electron chi connectivity index (χ3n) is 5.64. The van der Waals surface area contributed by atoms with Gasteiger partial charge in [-0.25, -0.2) is 0 Å². The zero-order valence-electron chi connectivity index (χ0n) is 21.2. The van der Waals surface area contributed by atoms with Crippen molar-refractivity contribution in [2.45, 2.75) is 65.1 Å². The van der Waals surface area contributed by atoms with Gasteiger partial charge in [0.05, 0.1) is 6.04 Å². The van der Waals surface area contributed by atoms with E-state index in [1.165, 1.54) is 0 Å². The van der Waals surface area contributed by atoms with E-state index in [0.717, 1.165) is 17.4 Å². The SMILES string of the molecule is CC.CN(Cc1c(C#CCCCC(=O)OCc2ccccc2)cccc1C=O)C1CCC(=O)NC1=O. The van der Waals surface area contributed by atoms with Crippen molar-refractivity contribution in [3.8, 4) is 11.8 Å². The number of ether oxygens (including phenoxy) is 1. The summed E-state index contributed by atoms with van der Waals surface area (Å²) in [6, 6.07) is 14.4. The van der Waals surface area contributed by atoms with Gasteiger partial charge in [-0.15, -0.1) is 0 Å². The van der Waals surface area contributed by atoms with Crippen LogP contribution >= 0.6 is 0 Å². The molecule has 0 radical (unpaired) electrons. The summed E-state index contributed by atoms with van der Waals surface area (Å²) < 4.78 is 5.27. The van der Waals surface area contributed by atoms with E-state index < -0.39 is 6.04 Å². The van der Waals surface area contributed by atoms with E-state index in [2.05, 4.69) is 17.2 Å². The zero-order chi connectivity index (χ0) is 26.3. The number of hydrogen-bond donors (Lipinski definition) is 1. The van der Waals surface area contributed by atoms with Gasteiger partial charge in [0.15, 0.2) is 0 Å². The number of nitrogens with zero attached hydrogens (tertiary/aromatic N) is 1. The van der Waals surface area contributed by atoms with E-state index in [-0.39, 0.29) is 37.2 Å². The van der Waals surface area contributed by atoms with Crippen LogP contribution in [0.2, 0.25) is 0 Å². The Hall–Kier alpha value is -3.76. The predicted octanol–water partition coefficient (Wildman–Crippen LogP) is 4.03. The topological polar surface area (TPSA) is 92.8 Å². The van der Waals surface area contributed by atoms with Crippen LogP contribution in [0.15, 0.2) is 48.5 Å². The Bertz CT molecular complexity index is 1100. The number of likely N-dealkylation sites (N-methyl/N-ethyl adjacent to an activating group) is 1. The Kier molecular flexibility index (Phi) is 12.1. The standard InChI is InChI=1S/C27H28N2O5.C2H6/c1-29(24-15-16-25(31)28-27(24)33)17-23-21(12-8-13-22(23)18-30)11-6-3-7-14-26(32)34-19-20-9-4-2-5-10-20;1-2/h2,4-5,8-10,12-13,18,24H,3,7,14-17,19H2,1H3,(H,28,31,33);1-2H3. The van der Waals surface area contributed by atoms with Crippen LogP contribution in [0.4, 0.5) is 0 Å². The lowest BCUT2D eigenvalue weighted by atomic mass is 9.99. The van der Waals surface area contributed by atoms with Gasteiger partial charge in [0.25, 0.3) is 0 Å². The minimum atomic E-state index is -0.444. The number of rotatable bonds is 9. The number of piperidine rings is 1. The van der Waals surface area contributed by atoms with Crippen molar-refractivity contribution in [2.24, 2.45) is 0 Å². The number of imide groups is 1. The Morgan fingerprint density at radius 3 is 2.58 bits per heavy atom. The molecule has 2 aromatic rings. The van der Waals surface area contributed by atoms with Gasteiger partial charge in [0.1, 0.15) is 12.9 Å². The molecule has 2 amide bonds. The summed E-state index contributed by atoms with van der Waals surface area (Å²) >= 11 is 0. The van der Waals surface area contributed by atoms with Gasteiger partial charge in [-0.2, -0.15) is 0 Å². The lowest BCUT2D eigenvalue weighted by molar-refractivity contribution is -0.145. The Morgan fingerprint density at radius 2 is 1.89 bits per heavy atom. The Balaban J connectivity index is 0.00000222. The number of aldehydes is 1. The molecule has 190 valence electrons. The Labute approximate surface area is 213 Å². The molecular formula is C29H34N2O5. The highest BCUT2D eigenvalue weighted by atomic mass is 16.5. The molecule has 0 spiro atoms. The molecule has 7 nitrogen and oxygen atoms in total. The van der Waals surface area contributed by atoms with Crippen molar-refractivity contribution < 1.29 is 23.9 Å². The molecular weight excluding hydrogens is 456 g/mol. The van der Waals surface area contributed by atoms with Gasteiger partial charge < -0.3 is 4.74 Å². The van der Waals surface area contributed by atoms with Crippen molar-refractivity contribution in [1.29, 1.82) is 0 Å². The van der Waals surface area contributed by atoms with Crippen LogP contribution in [0, 0.1) is 11.8 Å². The predicted molar refractivity (Wildman–Crippen MR) is 138 cm³/mol. The fourth-order valence-electron chi connectivity index (χ4n) is 3.76. The monoisotopic (exact) mass is 490 g/mol. The molecule has 2 aromatic carbocycles. The van der Waals surface area contributed by atoms with Gasteiger partial charge in [-0.3, -0.25) is 29.4 Å². The third kappa shape index (κ3) is 8.79. The number of unbranched alkanes of at least 4 members (excludes halogenated alkanes) is 1. The molecule has 3 rings (SSSR count). The fraction of sp³-hybridized carbons (Fsp3) is 0.379. The van der Waals surface area contributed by atoms with E-state index in [1.54, 1.807) is 19.2 Å². The average Bonchev–Trinajstić information content (AvgIpc) is 2.89. The van der Waals surface area contributed by atoms with Crippen LogP contribution in [-0.4, -0.2) is 42.1 Å². The van der Waals surface area contributed by atoms with Crippen LogP contribution in [0.25, 0.3) is 0 Å². The summed E-state index contributed by atoms with van der Waals surface area (Å²) in [5.41, 5.74) is 2.89. The maximum atomic E-state index is 12.2. The smallest absolute Gasteiger partial charge is 0.306 e. The second kappa shape index (κ2) is 15.3. The summed E-state index contributed by atoms with van der Waals surface area (Å²) in [6.07, 6.45) is 2.86. The molecule has 1 aliphatic rings. The molecule has 0 saturated carbocycles. The third-order valence-corrected chi connectivity index (χ3v) is 5.64. The largest absolute Gasteiger partial charge is 0.461 e. The molecule has 1 saturated heterocycles. The summed E-state index contributed by atoms with van der Waals surface area (Å²) in [6.45, 7) is 4.60. The van der Waals surface area contributed by atoms with E-state index >= 15 is 0 Å². The van der Waals surface area contributed by atoms with E-state index in [0.29, 0.717) is 36.9 Å². The first-order chi connectivity index (χ1) is 17.5. The van der Waals surface area contributed by atoms with Crippen LogP contribution in [0.5, 0.6) is 0 Å². The maximum Gasteiger partial charge on any atom is 0.306 e. The Morgan fingerprint density at radius 1 is 1.14 bits per heavy atom. The summed E-state index contributed by atoms with van der Waals surface area (Å²) in [5.74, 6) is 5.32. The van der Waals surface area contributed by atoms with Gasteiger partial charge >= 0.3 is 5.97 Å². The molecule has 7 heteroatoms. The van der Waals surface area contributed by atoms with Crippen molar-refractivity contribution in [3.05, 3.63) is 70.8 Å². The molecule has 1 fully saturated rings. The number of carbonyl (C=O) groups is 4. The lowest BCUT2D eigenvalue weighted by Crippen LogP contribution is -2.51. The minimum absolute atomic E-state index is 0.258. The molecule has 1 unspecified atom stereocenters. The maximum absolute atomic E-state index is 12.2. The number of carbonyl (C=O) groups excluding carboxylic acids is 4. The number of hydrogen-bond acceptors (Lipinski definition) is 6. The zero-order valence-corrected chi connectivity index (χ0v) is 21.2. The van der Waals surface area contributed by atoms with Gasteiger partial charge in [-0.05, 0) is 37.1 Å². The normalized spacial score (nSPS) is 14.6. The summed E-state index contributed by atoms with van der Waals surface area (Å²) in [5, 5.41) is 2.36. The molecule has 36 heavy (non-hydrogen) atoms. The van der Waals surface area contributed by atoms with Gasteiger partial charge in [-0.1, -0.05) is 68.2 Å². The van der Waals surface area contributed by atoms with Crippen molar-refractivity contribution >= 4 is 24.1 Å². The molecule has 0 aliphatic carbocycles. The van der Waals surface area contributed by atoms with Crippen molar-refractivity contribution in [3.63, 3.8) is 0 Å². The average molecular weight is 491 g/mol. The number of nitrogens with one attached hydrogen (secondary N) is 1. The molecule has 1 aliphatic heterocycles. The van der Waals surface area contributed by atoms with Crippen LogP contribution in [0.1, 0.15) is 73.0 Å². The van der Waals surface area contributed by atoms with Crippen molar-refractivity contribution in [2.75, 3.05) is 7.05 Å². The number of amides is 2. The first-order valence-electron chi connectivity index (χ1n) is 12.3. The van der Waals surface area contributed by atoms with Crippen LogP contribution < -0.4 is 5.32 Å². The molecule has 1 atom stereocenters. The van der Waals surface area contributed by atoms with Gasteiger partial charge in [0.2, 0.25) is 11.8 Å². The second-order valence-electron chi connectivity index (χ2n) is 8.17. The molecule has 0 bridgehead atoms. The first-order valence-corrected chi connectivity index (χ1v) is 12.3. The number of esters is 1. The minimum Gasteiger partial charge on any atom is -0.461 e. The van der Waals surface area contributed by atoms with Crippen LogP contribution in [0.3, 0.4) is 0 Å². The molecule has 0 aromatic heterocycles. The van der Waals surface area contributed by atoms with E-state index in [4.69, 9.17) is 4.74 Å². The van der Waals surface area contributed by atoms with Gasteiger partial charge in [0, 0.05) is 36.9 Å². The quantitative estimate of drug-likeness (QED) is 0.188. The fourth-order valence-corrected chi connectivity index (χ4v) is 3.76. The summed E-state index contributed by atoms with van der Waals surface area (Å²) in [7, 11) is 1.79. The van der Waals surface area contributed by atoms with E-state index in [1.807, 2.05) is 55.1 Å². The van der Waals surface area contributed by atoms with E-state index in [9.17, 15) is 19.2 Å². The lowest BCUT2D eigenvalue weighted by Gasteiger charge is -2.30. The van der Waals surface area contributed by atoms with Crippen LogP contribution in [-0.2, 0) is 32.3 Å². The summed E-state index contributed by atoms with van der Waals surface area (Å²) in [4.78, 5) is 49.0. The highest BCUT2D eigenvalue weighted by molar-refractivity contribution is 6.00. The molecule has 1 N–H and O–H groups in total.